The average Bonchev–Trinajstić information content (AvgIpc) is 2.62. The van der Waals surface area contributed by atoms with E-state index in [4.69, 9.17) is 11.5 Å². The molecule has 0 aliphatic carbocycles. The molecule has 0 spiro atoms. The number of hydrogen-bond acceptors (Lipinski definition) is 3. The van der Waals surface area contributed by atoms with E-state index in [0.29, 0.717) is 0 Å². The van der Waals surface area contributed by atoms with Crippen molar-refractivity contribution in [1.29, 1.82) is 0 Å². The largest absolute Gasteiger partial charge is 0.478 e. The molecule has 5 nitrogen and oxygen atoms in total. The van der Waals surface area contributed by atoms with Crippen LogP contribution in [0.3, 0.4) is 0 Å². The summed E-state index contributed by atoms with van der Waals surface area (Å²) in [5.74, 6) is 0.336. The Labute approximate surface area is 109 Å². The van der Waals surface area contributed by atoms with E-state index in [1.807, 2.05) is 0 Å². The van der Waals surface area contributed by atoms with Gasteiger partial charge in [0, 0.05) is 12.5 Å². The van der Waals surface area contributed by atoms with Gasteiger partial charge < -0.3 is 5.11 Å². The van der Waals surface area contributed by atoms with Crippen LogP contribution >= 0.6 is 0 Å². The van der Waals surface area contributed by atoms with Crippen LogP contribution in [0.1, 0.15) is 44.4 Å². The summed E-state index contributed by atoms with van der Waals surface area (Å²) < 4.78 is 0. The molecule has 5 heteroatoms. The molecule has 1 aromatic rings. The minimum atomic E-state index is -1.14. The summed E-state index contributed by atoms with van der Waals surface area (Å²) in [5, 5.41) is 8.89. The number of carbonyl (C=O) groups is 3. The molecule has 2 rings (SSSR count). The van der Waals surface area contributed by atoms with Crippen LogP contribution in [-0.4, -0.2) is 33.8 Å². The summed E-state index contributed by atoms with van der Waals surface area (Å²) in [4.78, 5) is 36.2. The summed E-state index contributed by atoms with van der Waals surface area (Å²) in [5.41, 5.74) is 0.319. The highest BCUT2D eigenvalue weighted by atomic mass is 16.4. The topological polar surface area (TPSA) is 74.7 Å². The van der Waals surface area contributed by atoms with Crippen LogP contribution in [0.15, 0.2) is 18.2 Å². The van der Waals surface area contributed by atoms with E-state index in [0.717, 1.165) is 4.90 Å². The zero-order chi connectivity index (χ0) is 14.2. The van der Waals surface area contributed by atoms with Crippen molar-refractivity contribution >= 4 is 17.8 Å². The van der Waals surface area contributed by atoms with Crippen molar-refractivity contribution in [3.05, 3.63) is 34.9 Å². The molecule has 0 saturated carbocycles. The van der Waals surface area contributed by atoms with E-state index >= 15 is 0 Å². The molecule has 0 saturated heterocycles. The zero-order valence-electron chi connectivity index (χ0n) is 10.2. The predicted molar refractivity (Wildman–Crippen MR) is 66.8 cm³/mol. The number of imide groups is 1. The molecule has 0 bridgehead atoms. The number of terminal acetylenes is 1. The fourth-order valence-electron chi connectivity index (χ4n) is 2.05. The average molecular weight is 257 g/mol. The Morgan fingerprint density at radius 1 is 1.37 bits per heavy atom. The highest BCUT2D eigenvalue weighted by Gasteiger charge is 2.38. The molecule has 19 heavy (non-hydrogen) atoms. The summed E-state index contributed by atoms with van der Waals surface area (Å²) >= 11 is 0. The highest BCUT2D eigenvalue weighted by Crippen LogP contribution is 2.26. The van der Waals surface area contributed by atoms with Gasteiger partial charge in [-0.05, 0) is 25.1 Å². The van der Waals surface area contributed by atoms with Crippen molar-refractivity contribution in [2.24, 2.45) is 0 Å². The van der Waals surface area contributed by atoms with Gasteiger partial charge in [0.2, 0.25) is 0 Å². The predicted octanol–water partition coefficient (Wildman–Crippen LogP) is 1.39. The number of hydrogen-bond donors (Lipinski definition) is 1. The second-order valence-corrected chi connectivity index (χ2v) is 4.30. The minimum Gasteiger partial charge on any atom is -0.478 e. The third-order valence-corrected chi connectivity index (χ3v) is 3.02. The molecule has 0 fully saturated rings. The molecular formula is C14H11NO4. The van der Waals surface area contributed by atoms with Crippen LogP contribution in [0.2, 0.25) is 0 Å². The van der Waals surface area contributed by atoms with Crippen LogP contribution in [0, 0.1) is 12.3 Å². The van der Waals surface area contributed by atoms with Crippen LogP contribution in [0.5, 0.6) is 0 Å². The number of nitrogens with zero attached hydrogens (tertiary/aromatic N) is 1. The van der Waals surface area contributed by atoms with E-state index in [2.05, 4.69) is 5.92 Å². The smallest absolute Gasteiger partial charge is 0.335 e. The number of amides is 2. The van der Waals surface area contributed by atoms with E-state index in [1.165, 1.54) is 18.2 Å². The summed E-state index contributed by atoms with van der Waals surface area (Å²) in [6.45, 7) is 1.68. The number of carboxylic acids is 1. The Hall–Kier alpha value is -2.61. The Morgan fingerprint density at radius 3 is 2.58 bits per heavy atom. The molecule has 2 amide bonds. The number of carboxylic acid groups (broad SMARTS) is 1. The van der Waals surface area contributed by atoms with Crippen molar-refractivity contribution in [3.63, 3.8) is 0 Å². The first-order valence-corrected chi connectivity index (χ1v) is 5.66. The maximum Gasteiger partial charge on any atom is 0.335 e. The third kappa shape index (κ3) is 1.97. The van der Waals surface area contributed by atoms with Gasteiger partial charge in [0.1, 0.15) is 0 Å². The molecule has 1 heterocycles. The number of carbonyl (C=O) groups excluding carboxylic acids is 2. The van der Waals surface area contributed by atoms with E-state index in [9.17, 15) is 14.4 Å². The maximum atomic E-state index is 12.1. The van der Waals surface area contributed by atoms with E-state index < -0.39 is 23.8 Å². The number of rotatable bonds is 3. The lowest BCUT2D eigenvalue weighted by atomic mass is 10.1. The second kappa shape index (κ2) is 4.58. The first-order valence-electron chi connectivity index (χ1n) is 5.66. The van der Waals surface area contributed by atoms with Gasteiger partial charge in [-0.3, -0.25) is 14.5 Å². The Morgan fingerprint density at radius 2 is 2.00 bits per heavy atom. The fraction of sp³-hybridized carbons (Fsp3) is 0.214. The van der Waals surface area contributed by atoms with Gasteiger partial charge >= 0.3 is 5.97 Å². The Balaban J connectivity index is 2.45. The van der Waals surface area contributed by atoms with Crippen molar-refractivity contribution in [3.8, 4) is 12.3 Å². The molecule has 1 atom stereocenters. The van der Waals surface area contributed by atoms with Crippen molar-refractivity contribution < 1.29 is 19.5 Å². The monoisotopic (exact) mass is 257 g/mol. The van der Waals surface area contributed by atoms with Crippen LogP contribution in [-0.2, 0) is 0 Å². The quantitative estimate of drug-likeness (QED) is 0.656. The molecule has 1 N–H and O–H groups in total. The highest BCUT2D eigenvalue weighted by molar-refractivity contribution is 6.22. The summed E-state index contributed by atoms with van der Waals surface area (Å²) in [6, 6.07) is 3.48. The SMILES string of the molecule is C#CCC(C)N1C(=O)c2ccc(C(=O)O)cc2C1=O. The van der Waals surface area contributed by atoms with E-state index in [1.54, 1.807) is 6.92 Å². The minimum absolute atomic E-state index is 0.0219. The Kier molecular flexibility index (Phi) is 3.09. The van der Waals surface area contributed by atoms with Gasteiger partial charge in [-0.2, -0.15) is 0 Å². The van der Waals surface area contributed by atoms with Crippen molar-refractivity contribution in [2.45, 2.75) is 19.4 Å². The van der Waals surface area contributed by atoms with Gasteiger partial charge in [0.05, 0.1) is 16.7 Å². The number of benzene rings is 1. The van der Waals surface area contributed by atoms with Gasteiger partial charge in [-0.1, -0.05) is 0 Å². The zero-order valence-corrected chi connectivity index (χ0v) is 10.2. The van der Waals surface area contributed by atoms with Gasteiger partial charge in [0.15, 0.2) is 0 Å². The third-order valence-electron chi connectivity index (χ3n) is 3.02. The van der Waals surface area contributed by atoms with Crippen molar-refractivity contribution in [2.75, 3.05) is 0 Å². The lowest BCUT2D eigenvalue weighted by molar-refractivity contribution is 0.0599. The molecule has 0 aromatic heterocycles. The van der Waals surface area contributed by atoms with E-state index in [-0.39, 0.29) is 23.1 Å². The summed E-state index contributed by atoms with van der Waals surface area (Å²) in [6.07, 6.45) is 5.44. The normalized spacial score (nSPS) is 15.1. The van der Waals surface area contributed by atoms with Crippen LogP contribution < -0.4 is 0 Å². The molecule has 1 aliphatic rings. The maximum absolute atomic E-state index is 12.1. The molecule has 0 radical (unpaired) electrons. The lowest BCUT2D eigenvalue weighted by Crippen LogP contribution is -2.37. The van der Waals surface area contributed by atoms with Gasteiger partial charge in [-0.15, -0.1) is 12.3 Å². The lowest BCUT2D eigenvalue weighted by Gasteiger charge is -2.20. The van der Waals surface area contributed by atoms with Crippen molar-refractivity contribution in [1.82, 2.24) is 4.90 Å². The summed E-state index contributed by atoms with van der Waals surface area (Å²) in [7, 11) is 0. The second-order valence-electron chi connectivity index (χ2n) is 4.30. The van der Waals surface area contributed by atoms with Gasteiger partial charge in [-0.25, -0.2) is 4.79 Å². The first kappa shape index (κ1) is 12.8. The van der Waals surface area contributed by atoms with Gasteiger partial charge in [0.25, 0.3) is 11.8 Å². The Bertz CT molecular complexity index is 627. The number of aromatic carboxylic acids is 1. The molecular weight excluding hydrogens is 246 g/mol. The fourth-order valence-corrected chi connectivity index (χ4v) is 2.05. The first-order chi connectivity index (χ1) is 8.97. The molecule has 1 unspecified atom stereocenters. The molecule has 1 aliphatic heterocycles. The number of fused-ring (bicyclic) bond motifs is 1. The van der Waals surface area contributed by atoms with Crippen LogP contribution in [0.25, 0.3) is 0 Å². The molecule has 96 valence electrons. The standard InChI is InChI=1S/C14H11NO4/c1-3-4-8(2)15-12(16)10-6-5-9(14(18)19)7-11(10)13(15)17/h1,5-8H,4H2,2H3,(H,18,19). The molecule has 1 aromatic carbocycles. The van der Waals surface area contributed by atoms with Crippen LogP contribution in [0.4, 0.5) is 0 Å².